The molecule has 0 unspecified atom stereocenters. The Morgan fingerprint density at radius 1 is 1.06 bits per heavy atom. The van der Waals surface area contributed by atoms with Gasteiger partial charge >= 0.3 is 0 Å². The molecule has 0 saturated heterocycles. The quantitative estimate of drug-likeness (QED) is 0.456. The van der Waals surface area contributed by atoms with Gasteiger partial charge in [0.2, 0.25) is 5.95 Å². The second kappa shape index (κ2) is 7.52. The number of benzene rings is 2. The molecule has 0 atom stereocenters. The van der Waals surface area contributed by atoms with Crippen LogP contribution in [-0.2, 0) is 7.05 Å². The molecule has 31 heavy (non-hydrogen) atoms. The van der Waals surface area contributed by atoms with E-state index < -0.39 is 0 Å². The van der Waals surface area contributed by atoms with Gasteiger partial charge in [-0.05, 0) is 42.8 Å². The molecule has 2 aromatic carbocycles. The van der Waals surface area contributed by atoms with Crippen molar-refractivity contribution >= 4 is 39.4 Å². The first-order chi connectivity index (χ1) is 15.0. The van der Waals surface area contributed by atoms with Crippen LogP contribution in [-0.4, -0.2) is 30.9 Å². The molecule has 0 aliphatic rings. The van der Waals surface area contributed by atoms with E-state index in [0.717, 1.165) is 27.5 Å². The number of hydrogen-bond acceptors (Lipinski definition) is 5. The van der Waals surface area contributed by atoms with E-state index in [1.54, 1.807) is 33.8 Å². The Bertz CT molecular complexity index is 1490. The van der Waals surface area contributed by atoms with Crippen LogP contribution in [0.4, 0.5) is 5.95 Å². The van der Waals surface area contributed by atoms with Gasteiger partial charge in [0.25, 0.3) is 5.56 Å². The predicted molar refractivity (Wildman–Crippen MR) is 124 cm³/mol. The minimum Gasteiger partial charge on any atom is -0.354 e. The number of pyridine rings is 1. The third kappa shape index (κ3) is 3.43. The van der Waals surface area contributed by atoms with Gasteiger partial charge in [-0.25, -0.2) is 9.97 Å². The number of nitrogens with zero attached hydrogens (tertiary/aromatic N) is 5. The molecular weight excluding hydrogens is 412 g/mol. The normalized spacial score (nSPS) is 11.3. The van der Waals surface area contributed by atoms with E-state index in [2.05, 4.69) is 20.4 Å². The van der Waals surface area contributed by atoms with Crippen LogP contribution in [0.1, 0.15) is 6.92 Å². The number of aromatic nitrogens is 5. The maximum absolute atomic E-state index is 13.7. The average Bonchev–Trinajstić information content (AvgIpc) is 3.14. The standard InChI is InChI=1S/C23H19ClN6O/c1-3-25-23-26-11-16-13-30(18-8-9-19-15(10-18)12-29(2)28-19)22(31)20(21(16)27-23)14-4-6-17(24)7-5-14/h4-13H,3H2,1-2H3,(H,25,27). The van der Waals surface area contributed by atoms with Crippen molar-refractivity contribution in [3.63, 3.8) is 0 Å². The van der Waals surface area contributed by atoms with Crippen molar-refractivity contribution in [1.82, 2.24) is 24.3 Å². The van der Waals surface area contributed by atoms with Crippen LogP contribution in [0.5, 0.6) is 0 Å². The van der Waals surface area contributed by atoms with Gasteiger partial charge < -0.3 is 5.32 Å². The van der Waals surface area contributed by atoms with Crippen LogP contribution in [0.15, 0.2) is 65.8 Å². The molecule has 0 aliphatic heterocycles. The molecule has 0 saturated carbocycles. The molecule has 0 bridgehead atoms. The third-order valence-corrected chi connectivity index (χ3v) is 5.36. The second-order valence-corrected chi connectivity index (χ2v) is 7.70. The highest BCUT2D eigenvalue weighted by molar-refractivity contribution is 6.30. The number of rotatable bonds is 4. The lowest BCUT2D eigenvalue weighted by Gasteiger charge is -2.13. The largest absolute Gasteiger partial charge is 0.354 e. The highest BCUT2D eigenvalue weighted by atomic mass is 35.5. The molecular formula is C23H19ClN6O. The van der Waals surface area contributed by atoms with E-state index in [-0.39, 0.29) is 5.56 Å². The van der Waals surface area contributed by atoms with E-state index >= 15 is 0 Å². The van der Waals surface area contributed by atoms with Crippen molar-refractivity contribution in [2.45, 2.75) is 6.92 Å². The highest BCUT2D eigenvalue weighted by Crippen LogP contribution is 2.27. The summed E-state index contributed by atoms with van der Waals surface area (Å²) in [5.41, 5.74) is 3.30. The number of halogens is 1. The Labute approximate surface area is 182 Å². The summed E-state index contributed by atoms with van der Waals surface area (Å²) in [4.78, 5) is 22.7. The SMILES string of the molecule is CCNc1ncc2cn(-c3ccc4nn(C)cc4c3)c(=O)c(-c3ccc(Cl)cc3)c2n1. The molecule has 0 fully saturated rings. The van der Waals surface area contributed by atoms with Crippen molar-refractivity contribution in [1.29, 1.82) is 0 Å². The third-order valence-electron chi connectivity index (χ3n) is 5.10. The van der Waals surface area contributed by atoms with E-state index in [1.165, 1.54) is 0 Å². The van der Waals surface area contributed by atoms with Gasteiger partial charge in [0.15, 0.2) is 0 Å². The zero-order valence-electron chi connectivity index (χ0n) is 17.0. The molecule has 0 radical (unpaired) electrons. The summed E-state index contributed by atoms with van der Waals surface area (Å²) in [6, 6.07) is 13.0. The number of nitrogens with one attached hydrogen (secondary N) is 1. The zero-order valence-corrected chi connectivity index (χ0v) is 17.8. The Hall–Kier alpha value is -3.71. The zero-order chi connectivity index (χ0) is 21.5. The number of fused-ring (bicyclic) bond motifs is 2. The summed E-state index contributed by atoms with van der Waals surface area (Å²) in [5.74, 6) is 0.485. The fraction of sp³-hybridized carbons (Fsp3) is 0.130. The van der Waals surface area contributed by atoms with Crippen LogP contribution in [0, 0.1) is 0 Å². The molecule has 1 N–H and O–H groups in total. The fourth-order valence-corrected chi connectivity index (χ4v) is 3.83. The smallest absolute Gasteiger partial charge is 0.265 e. The van der Waals surface area contributed by atoms with Crippen LogP contribution < -0.4 is 10.9 Å². The molecule has 7 nitrogen and oxygen atoms in total. The molecule has 154 valence electrons. The first-order valence-electron chi connectivity index (χ1n) is 9.89. The van der Waals surface area contributed by atoms with Crippen molar-refractivity contribution < 1.29 is 0 Å². The topological polar surface area (TPSA) is 77.6 Å². The number of hydrogen-bond donors (Lipinski definition) is 1. The lowest BCUT2D eigenvalue weighted by Crippen LogP contribution is -2.20. The molecule has 0 aliphatic carbocycles. The summed E-state index contributed by atoms with van der Waals surface area (Å²) in [6.45, 7) is 2.66. The van der Waals surface area contributed by atoms with Crippen LogP contribution in [0.25, 0.3) is 38.6 Å². The first-order valence-corrected chi connectivity index (χ1v) is 10.3. The van der Waals surface area contributed by atoms with E-state index in [4.69, 9.17) is 11.6 Å². The van der Waals surface area contributed by atoms with Gasteiger partial charge in [0.1, 0.15) is 0 Å². The number of anilines is 1. The summed E-state index contributed by atoms with van der Waals surface area (Å²) >= 11 is 6.08. The molecule has 5 rings (SSSR count). The van der Waals surface area contributed by atoms with E-state index in [0.29, 0.717) is 28.6 Å². The van der Waals surface area contributed by atoms with E-state index in [9.17, 15) is 4.79 Å². The highest BCUT2D eigenvalue weighted by Gasteiger charge is 2.16. The van der Waals surface area contributed by atoms with Gasteiger partial charge in [-0.1, -0.05) is 23.7 Å². The maximum atomic E-state index is 13.7. The van der Waals surface area contributed by atoms with Gasteiger partial charge in [-0.2, -0.15) is 5.10 Å². The monoisotopic (exact) mass is 430 g/mol. The first kappa shape index (κ1) is 19.3. The van der Waals surface area contributed by atoms with Crippen LogP contribution in [0.2, 0.25) is 5.02 Å². The molecule has 0 amide bonds. The van der Waals surface area contributed by atoms with Crippen LogP contribution >= 0.6 is 11.6 Å². The molecule has 8 heteroatoms. The molecule has 3 aromatic heterocycles. The number of aryl methyl sites for hydroxylation is 1. The average molecular weight is 431 g/mol. The van der Waals surface area contributed by atoms with Crippen molar-refractivity contribution in [2.24, 2.45) is 7.05 Å². The summed E-state index contributed by atoms with van der Waals surface area (Å²) in [5, 5.41) is 9.85. The van der Waals surface area contributed by atoms with Gasteiger partial charge in [0, 0.05) is 53.7 Å². The Kier molecular flexibility index (Phi) is 4.67. The van der Waals surface area contributed by atoms with Crippen molar-refractivity contribution in [3.8, 4) is 16.8 Å². The predicted octanol–water partition coefficient (Wildman–Crippen LogP) is 4.42. The summed E-state index contributed by atoms with van der Waals surface area (Å²) in [7, 11) is 1.87. The van der Waals surface area contributed by atoms with Gasteiger partial charge in [-0.3, -0.25) is 14.0 Å². The fourth-order valence-electron chi connectivity index (χ4n) is 3.70. The molecule has 3 heterocycles. The minimum absolute atomic E-state index is 0.167. The van der Waals surface area contributed by atoms with Gasteiger partial charge in [-0.15, -0.1) is 0 Å². The van der Waals surface area contributed by atoms with Crippen LogP contribution in [0.3, 0.4) is 0 Å². The summed E-state index contributed by atoms with van der Waals surface area (Å²) < 4.78 is 3.39. The molecule has 0 spiro atoms. The Morgan fingerprint density at radius 3 is 2.65 bits per heavy atom. The lowest BCUT2D eigenvalue weighted by molar-refractivity contribution is 0.780. The second-order valence-electron chi connectivity index (χ2n) is 7.26. The summed E-state index contributed by atoms with van der Waals surface area (Å²) in [6.07, 6.45) is 5.44. The maximum Gasteiger partial charge on any atom is 0.265 e. The van der Waals surface area contributed by atoms with Gasteiger partial charge in [0.05, 0.1) is 16.6 Å². The minimum atomic E-state index is -0.167. The van der Waals surface area contributed by atoms with Crippen molar-refractivity contribution in [3.05, 3.63) is 76.4 Å². The Balaban J connectivity index is 1.81. The lowest BCUT2D eigenvalue weighted by atomic mass is 10.0. The Morgan fingerprint density at radius 2 is 1.87 bits per heavy atom. The molecule has 5 aromatic rings. The van der Waals surface area contributed by atoms with Crippen molar-refractivity contribution in [2.75, 3.05) is 11.9 Å². The van der Waals surface area contributed by atoms with E-state index in [1.807, 2.05) is 50.5 Å².